The summed E-state index contributed by atoms with van der Waals surface area (Å²) in [6.45, 7) is 3.01. The highest BCUT2D eigenvalue weighted by atomic mass is 16.5. The lowest BCUT2D eigenvalue weighted by atomic mass is 9.94. The molecule has 0 aliphatic carbocycles. The Kier molecular flexibility index (Phi) is 4.65. The van der Waals surface area contributed by atoms with Gasteiger partial charge in [-0.05, 0) is 61.7 Å². The van der Waals surface area contributed by atoms with E-state index in [1.54, 1.807) is 7.11 Å². The van der Waals surface area contributed by atoms with Crippen molar-refractivity contribution >= 4 is 11.2 Å². The Morgan fingerprint density at radius 1 is 1.16 bits per heavy atom. The maximum atomic E-state index is 5.26. The molecule has 0 saturated carbocycles. The second kappa shape index (κ2) is 7.23. The van der Waals surface area contributed by atoms with Crippen LogP contribution in [0.25, 0.3) is 11.2 Å². The number of methoxy groups -OCH3 is 1. The van der Waals surface area contributed by atoms with Gasteiger partial charge in [-0.2, -0.15) is 0 Å². The first-order chi connectivity index (χ1) is 12.3. The monoisotopic (exact) mass is 336 g/mol. The minimum absolute atomic E-state index is 0.702. The van der Waals surface area contributed by atoms with Gasteiger partial charge in [0.2, 0.25) is 0 Å². The molecule has 0 bridgehead atoms. The molecule has 0 atom stereocenters. The van der Waals surface area contributed by atoms with Crippen LogP contribution in [0.1, 0.15) is 24.2 Å². The third-order valence-corrected chi connectivity index (χ3v) is 5.01. The summed E-state index contributed by atoms with van der Waals surface area (Å²) in [5.41, 5.74) is 3.19. The second-order valence-electron chi connectivity index (χ2n) is 6.71. The third kappa shape index (κ3) is 3.51. The highest BCUT2D eigenvalue weighted by molar-refractivity contribution is 5.71. The quantitative estimate of drug-likeness (QED) is 0.778. The standard InChI is InChI=1S/C20H24N4O/c1-25-17-6-4-16(5-7-17)14-24-19(13-15-8-11-21-12-9-15)23-18-3-2-10-22-20(18)24/h2-7,10,15,21H,8-9,11-14H2,1H3. The molecule has 1 saturated heterocycles. The highest BCUT2D eigenvalue weighted by Gasteiger charge is 2.19. The minimum atomic E-state index is 0.702. The normalized spacial score (nSPS) is 15.6. The Balaban J connectivity index is 1.65. The molecule has 2 aromatic heterocycles. The van der Waals surface area contributed by atoms with E-state index in [-0.39, 0.29) is 0 Å². The smallest absolute Gasteiger partial charge is 0.160 e. The van der Waals surface area contributed by atoms with Gasteiger partial charge in [0, 0.05) is 12.6 Å². The predicted molar refractivity (Wildman–Crippen MR) is 98.9 cm³/mol. The average molecular weight is 336 g/mol. The summed E-state index contributed by atoms with van der Waals surface area (Å²) in [4.78, 5) is 9.48. The molecule has 4 rings (SSSR count). The summed E-state index contributed by atoms with van der Waals surface area (Å²) in [5.74, 6) is 2.73. The predicted octanol–water partition coefficient (Wildman–Crippen LogP) is 3.03. The highest BCUT2D eigenvalue weighted by Crippen LogP contribution is 2.22. The number of piperidine rings is 1. The minimum Gasteiger partial charge on any atom is -0.497 e. The van der Waals surface area contributed by atoms with Gasteiger partial charge < -0.3 is 14.6 Å². The van der Waals surface area contributed by atoms with Gasteiger partial charge in [-0.1, -0.05) is 12.1 Å². The molecule has 5 heteroatoms. The summed E-state index contributed by atoms with van der Waals surface area (Å²) in [6, 6.07) is 12.3. The first kappa shape index (κ1) is 16.1. The van der Waals surface area contributed by atoms with Gasteiger partial charge in [0.25, 0.3) is 0 Å². The molecule has 0 spiro atoms. The zero-order valence-corrected chi connectivity index (χ0v) is 14.6. The van der Waals surface area contributed by atoms with Gasteiger partial charge in [-0.3, -0.25) is 0 Å². The van der Waals surface area contributed by atoms with Gasteiger partial charge in [0.1, 0.15) is 17.1 Å². The lowest BCUT2D eigenvalue weighted by Crippen LogP contribution is -2.29. The second-order valence-corrected chi connectivity index (χ2v) is 6.71. The summed E-state index contributed by atoms with van der Waals surface area (Å²) in [7, 11) is 1.69. The van der Waals surface area contributed by atoms with Gasteiger partial charge >= 0.3 is 0 Å². The zero-order chi connectivity index (χ0) is 17.1. The molecule has 1 aliphatic rings. The van der Waals surface area contributed by atoms with Crippen LogP contribution in [0, 0.1) is 5.92 Å². The molecular weight excluding hydrogens is 312 g/mol. The number of nitrogens with one attached hydrogen (secondary N) is 1. The number of imidazole rings is 1. The van der Waals surface area contributed by atoms with Crippen LogP contribution in [0.3, 0.4) is 0 Å². The Morgan fingerprint density at radius 2 is 1.96 bits per heavy atom. The number of ether oxygens (including phenoxy) is 1. The molecule has 1 N–H and O–H groups in total. The van der Waals surface area contributed by atoms with E-state index in [4.69, 9.17) is 9.72 Å². The van der Waals surface area contributed by atoms with Gasteiger partial charge in [0.05, 0.1) is 13.7 Å². The topological polar surface area (TPSA) is 52.0 Å². The maximum absolute atomic E-state index is 5.26. The molecule has 1 aliphatic heterocycles. The van der Waals surface area contributed by atoms with E-state index in [2.05, 4.69) is 33.1 Å². The molecule has 0 amide bonds. The number of pyridine rings is 1. The molecule has 25 heavy (non-hydrogen) atoms. The number of hydrogen-bond donors (Lipinski definition) is 1. The summed E-state index contributed by atoms with van der Waals surface area (Å²) < 4.78 is 7.54. The van der Waals surface area contributed by atoms with Crippen molar-refractivity contribution in [2.45, 2.75) is 25.8 Å². The van der Waals surface area contributed by atoms with Gasteiger partial charge in [-0.25, -0.2) is 9.97 Å². The van der Waals surface area contributed by atoms with E-state index >= 15 is 0 Å². The van der Waals surface area contributed by atoms with Crippen LogP contribution in [0.15, 0.2) is 42.6 Å². The fourth-order valence-corrected chi connectivity index (χ4v) is 3.58. The van der Waals surface area contributed by atoms with E-state index in [1.165, 1.54) is 18.4 Å². The van der Waals surface area contributed by atoms with Crippen molar-refractivity contribution < 1.29 is 4.74 Å². The number of fused-ring (bicyclic) bond motifs is 1. The molecule has 1 aromatic carbocycles. The first-order valence-corrected chi connectivity index (χ1v) is 8.97. The summed E-state index contributed by atoms with van der Waals surface area (Å²) in [5, 5.41) is 3.44. The van der Waals surface area contributed by atoms with Gasteiger partial charge in [0.15, 0.2) is 5.65 Å². The SMILES string of the molecule is COc1ccc(Cn2c(CC3CCNCC3)nc3cccnc32)cc1. The summed E-state index contributed by atoms with van der Waals surface area (Å²) >= 11 is 0. The molecule has 0 radical (unpaired) electrons. The largest absolute Gasteiger partial charge is 0.497 e. The van der Waals surface area contributed by atoms with Crippen molar-refractivity contribution in [2.24, 2.45) is 5.92 Å². The molecule has 1 fully saturated rings. The van der Waals surface area contributed by atoms with Crippen LogP contribution in [-0.4, -0.2) is 34.7 Å². The Bertz CT molecular complexity index is 835. The van der Waals surface area contributed by atoms with Crippen molar-refractivity contribution in [1.82, 2.24) is 19.9 Å². The molecule has 130 valence electrons. The van der Waals surface area contributed by atoms with Gasteiger partial charge in [-0.15, -0.1) is 0 Å². The van der Waals surface area contributed by atoms with E-state index in [1.807, 2.05) is 24.4 Å². The molecule has 3 aromatic rings. The number of hydrogen-bond acceptors (Lipinski definition) is 4. The average Bonchev–Trinajstić information content (AvgIpc) is 3.00. The third-order valence-electron chi connectivity index (χ3n) is 5.01. The van der Waals surface area contributed by atoms with Crippen LogP contribution in [0.5, 0.6) is 5.75 Å². The van der Waals surface area contributed by atoms with E-state index in [9.17, 15) is 0 Å². The van der Waals surface area contributed by atoms with Crippen LogP contribution >= 0.6 is 0 Å². The molecule has 3 heterocycles. The Hall–Kier alpha value is -2.40. The van der Waals surface area contributed by atoms with Crippen LogP contribution in [0.4, 0.5) is 0 Å². The Labute approximate surface area is 148 Å². The number of rotatable bonds is 5. The molecular formula is C20H24N4O. The number of nitrogens with zero attached hydrogens (tertiary/aromatic N) is 3. The lowest BCUT2D eigenvalue weighted by Gasteiger charge is -2.22. The Morgan fingerprint density at radius 3 is 2.72 bits per heavy atom. The number of aromatic nitrogens is 3. The van der Waals surface area contributed by atoms with E-state index in [0.29, 0.717) is 5.92 Å². The van der Waals surface area contributed by atoms with Crippen LogP contribution < -0.4 is 10.1 Å². The number of benzene rings is 1. The maximum Gasteiger partial charge on any atom is 0.160 e. The van der Waals surface area contributed by atoms with Crippen molar-refractivity contribution in [1.29, 1.82) is 0 Å². The van der Waals surface area contributed by atoms with Crippen molar-refractivity contribution in [3.05, 3.63) is 54.0 Å². The molecule has 5 nitrogen and oxygen atoms in total. The molecule has 0 unspecified atom stereocenters. The zero-order valence-electron chi connectivity index (χ0n) is 14.6. The van der Waals surface area contributed by atoms with Crippen LogP contribution in [-0.2, 0) is 13.0 Å². The lowest BCUT2D eigenvalue weighted by molar-refractivity contribution is 0.364. The van der Waals surface area contributed by atoms with E-state index in [0.717, 1.165) is 48.8 Å². The fourth-order valence-electron chi connectivity index (χ4n) is 3.58. The van der Waals surface area contributed by atoms with Crippen molar-refractivity contribution in [2.75, 3.05) is 20.2 Å². The van der Waals surface area contributed by atoms with Crippen molar-refractivity contribution in [3.8, 4) is 5.75 Å². The summed E-state index contributed by atoms with van der Waals surface area (Å²) in [6.07, 6.45) is 5.31. The van der Waals surface area contributed by atoms with Crippen LogP contribution in [0.2, 0.25) is 0 Å². The van der Waals surface area contributed by atoms with Crippen molar-refractivity contribution in [3.63, 3.8) is 0 Å². The van der Waals surface area contributed by atoms with E-state index < -0.39 is 0 Å². The first-order valence-electron chi connectivity index (χ1n) is 8.97. The fraction of sp³-hybridized carbons (Fsp3) is 0.400.